The van der Waals surface area contributed by atoms with E-state index in [-0.39, 0.29) is 0 Å². The average Bonchev–Trinajstić information content (AvgIpc) is 2.58. The minimum absolute atomic E-state index is 0.372. The highest BCUT2D eigenvalue weighted by atomic mass is 32.2. The highest BCUT2D eigenvalue weighted by molar-refractivity contribution is 7.89. The Hall–Kier alpha value is -2.26. The molecule has 0 saturated heterocycles. The Labute approximate surface area is 142 Å². The van der Waals surface area contributed by atoms with Crippen molar-refractivity contribution in [3.63, 3.8) is 0 Å². The Bertz CT molecular complexity index is 918. The minimum Gasteiger partial charge on any atom is -0.486 e. The predicted molar refractivity (Wildman–Crippen MR) is 82.5 cm³/mol. The van der Waals surface area contributed by atoms with Gasteiger partial charge >= 0.3 is 0 Å². The summed E-state index contributed by atoms with van der Waals surface area (Å²) in [4.78, 5) is -0.962. The highest BCUT2D eigenvalue weighted by Gasteiger charge is 2.26. The van der Waals surface area contributed by atoms with Crippen LogP contribution < -0.4 is 14.2 Å². The van der Waals surface area contributed by atoms with Crippen molar-refractivity contribution in [1.29, 1.82) is 0 Å². The van der Waals surface area contributed by atoms with E-state index >= 15 is 0 Å². The van der Waals surface area contributed by atoms with E-state index < -0.39 is 38.4 Å². The Morgan fingerprint density at radius 2 is 1.68 bits per heavy atom. The van der Waals surface area contributed by atoms with E-state index in [4.69, 9.17) is 9.47 Å². The van der Waals surface area contributed by atoms with E-state index in [0.717, 1.165) is 0 Å². The van der Waals surface area contributed by atoms with Crippen molar-refractivity contribution in [3.8, 4) is 11.5 Å². The van der Waals surface area contributed by atoms with Crippen molar-refractivity contribution in [3.05, 3.63) is 53.3 Å². The second kappa shape index (κ2) is 6.57. The lowest BCUT2D eigenvalue weighted by Gasteiger charge is -2.21. The first-order valence-electron chi connectivity index (χ1n) is 7.35. The molecule has 1 aliphatic heterocycles. The molecular weight excluding hydrogens is 359 g/mol. The van der Waals surface area contributed by atoms with Crippen molar-refractivity contribution >= 4 is 10.0 Å². The topological polar surface area (TPSA) is 64.6 Å². The van der Waals surface area contributed by atoms with Gasteiger partial charge in [0.2, 0.25) is 10.0 Å². The first kappa shape index (κ1) is 17.6. The van der Waals surface area contributed by atoms with Crippen molar-refractivity contribution in [1.82, 2.24) is 4.72 Å². The zero-order valence-electron chi connectivity index (χ0n) is 13.1. The Balaban J connectivity index is 1.87. The van der Waals surface area contributed by atoms with Gasteiger partial charge in [-0.3, -0.25) is 0 Å². The summed E-state index contributed by atoms with van der Waals surface area (Å²) < 4.78 is 77.7. The van der Waals surface area contributed by atoms with Crippen LogP contribution in [0.25, 0.3) is 0 Å². The zero-order chi connectivity index (χ0) is 18.2. The molecule has 0 aromatic heterocycles. The summed E-state index contributed by atoms with van der Waals surface area (Å²) in [5.41, 5.74) is 0.538. The molecule has 2 aromatic carbocycles. The monoisotopic (exact) mass is 373 g/mol. The minimum atomic E-state index is -4.40. The van der Waals surface area contributed by atoms with Crippen LogP contribution in [0.4, 0.5) is 13.2 Å². The number of ether oxygens (including phenoxy) is 2. The quantitative estimate of drug-likeness (QED) is 0.837. The lowest BCUT2D eigenvalue weighted by atomic mass is 10.1. The largest absolute Gasteiger partial charge is 0.486 e. The number of fused-ring (bicyclic) bond motifs is 1. The lowest BCUT2D eigenvalue weighted by molar-refractivity contribution is 0.171. The van der Waals surface area contributed by atoms with E-state index in [1.54, 1.807) is 18.2 Å². The number of hydrogen-bond acceptors (Lipinski definition) is 4. The van der Waals surface area contributed by atoms with Gasteiger partial charge in [0.15, 0.2) is 29.0 Å². The van der Waals surface area contributed by atoms with Crippen molar-refractivity contribution in [2.75, 3.05) is 13.2 Å². The standard InChI is InChI=1S/C16H14F3NO4S/c1-9(10-2-4-12-13(8-10)24-7-6-23-12)20-25(21,22)14-5-3-11(17)15(18)16(14)19/h2-5,8-9,20H,6-7H2,1H3/t9-/m0/s1. The molecule has 5 nitrogen and oxygen atoms in total. The fourth-order valence-corrected chi connectivity index (χ4v) is 3.71. The van der Waals surface area contributed by atoms with Gasteiger partial charge in [0, 0.05) is 6.04 Å². The lowest BCUT2D eigenvalue weighted by Crippen LogP contribution is -2.28. The molecule has 1 aliphatic rings. The van der Waals surface area contributed by atoms with Crippen molar-refractivity contribution < 1.29 is 31.1 Å². The summed E-state index contributed by atoms with van der Waals surface area (Å²) in [6, 6.07) is 5.32. The van der Waals surface area contributed by atoms with E-state index in [1.807, 2.05) is 0 Å². The molecule has 0 spiro atoms. The van der Waals surface area contributed by atoms with E-state index in [1.165, 1.54) is 6.92 Å². The molecule has 134 valence electrons. The Morgan fingerprint density at radius 3 is 2.40 bits per heavy atom. The molecule has 0 aliphatic carbocycles. The summed E-state index contributed by atoms with van der Waals surface area (Å²) in [6.45, 7) is 2.32. The molecule has 0 radical (unpaired) electrons. The van der Waals surface area contributed by atoms with Gasteiger partial charge in [0.25, 0.3) is 0 Å². The first-order valence-corrected chi connectivity index (χ1v) is 8.83. The van der Waals surface area contributed by atoms with Crippen LogP contribution in [0.1, 0.15) is 18.5 Å². The molecule has 0 amide bonds. The second-order valence-electron chi connectivity index (χ2n) is 5.42. The number of benzene rings is 2. The number of halogens is 3. The summed E-state index contributed by atoms with van der Waals surface area (Å²) in [7, 11) is -4.40. The van der Waals surface area contributed by atoms with Crippen LogP contribution in [0.5, 0.6) is 11.5 Å². The van der Waals surface area contributed by atoms with Gasteiger partial charge in [0.1, 0.15) is 18.1 Å². The number of nitrogens with one attached hydrogen (secondary N) is 1. The molecule has 1 atom stereocenters. The summed E-state index contributed by atoms with van der Waals surface area (Å²) in [5.74, 6) is -4.06. The van der Waals surface area contributed by atoms with Gasteiger partial charge in [-0.25, -0.2) is 26.3 Å². The Morgan fingerprint density at radius 1 is 1.00 bits per heavy atom. The molecule has 9 heteroatoms. The van der Waals surface area contributed by atoms with Crippen LogP contribution in [-0.2, 0) is 10.0 Å². The fraction of sp³-hybridized carbons (Fsp3) is 0.250. The van der Waals surface area contributed by atoms with Gasteiger partial charge < -0.3 is 9.47 Å². The van der Waals surface area contributed by atoms with Gasteiger partial charge in [0.05, 0.1) is 0 Å². The molecule has 25 heavy (non-hydrogen) atoms. The maximum atomic E-state index is 13.8. The fourth-order valence-electron chi connectivity index (χ4n) is 2.41. The smallest absolute Gasteiger partial charge is 0.244 e. The Kier molecular flexibility index (Phi) is 4.61. The third-order valence-corrected chi connectivity index (χ3v) is 5.25. The summed E-state index contributed by atoms with van der Waals surface area (Å²) in [5, 5.41) is 0. The number of rotatable bonds is 4. The highest BCUT2D eigenvalue weighted by Crippen LogP contribution is 2.33. The summed E-state index contributed by atoms with van der Waals surface area (Å²) >= 11 is 0. The van der Waals surface area contributed by atoms with Crippen LogP contribution >= 0.6 is 0 Å². The predicted octanol–water partition coefficient (Wildman–Crippen LogP) is 2.91. The van der Waals surface area contributed by atoms with Crippen LogP contribution in [0.15, 0.2) is 35.2 Å². The van der Waals surface area contributed by atoms with Crippen LogP contribution in [0.2, 0.25) is 0 Å². The van der Waals surface area contributed by atoms with Gasteiger partial charge in [-0.2, -0.15) is 0 Å². The molecule has 1 heterocycles. The second-order valence-corrected chi connectivity index (χ2v) is 7.10. The molecular formula is C16H14F3NO4S. The van der Waals surface area contributed by atoms with E-state index in [9.17, 15) is 21.6 Å². The third kappa shape index (κ3) is 3.42. The van der Waals surface area contributed by atoms with Crippen LogP contribution in [0, 0.1) is 17.5 Å². The van der Waals surface area contributed by atoms with Crippen LogP contribution in [0.3, 0.4) is 0 Å². The van der Waals surface area contributed by atoms with Gasteiger partial charge in [-0.05, 0) is 36.8 Å². The molecule has 3 rings (SSSR count). The SMILES string of the molecule is C[C@H](NS(=O)(=O)c1ccc(F)c(F)c1F)c1ccc2c(c1)OCCO2. The number of hydrogen-bond donors (Lipinski definition) is 1. The molecule has 1 N–H and O–H groups in total. The normalized spacial score (nSPS) is 15.0. The van der Waals surface area contributed by atoms with Gasteiger partial charge in [-0.1, -0.05) is 6.07 Å². The molecule has 2 aromatic rings. The molecule has 0 fully saturated rings. The van der Waals surface area contributed by atoms with E-state index in [0.29, 0.717) is 42.4 Å². The third-order valence-electron chi connectivity index (χ3n) is 3.69. The first-order chi connectivity index (χ1) is 11.8. The van der Waals surface area contributed by atoms with Crippen molar-refractivity contribution in [2.24, 2.45) is 0 Å². The molecule has 0 unspecified atom stereocenters. The zero-order valence-corrected chi connectivity index (χ0v) is 13.9. The van der Waals surface area contributed by atoms with Crippen molar-refractivity contribution in [2.45, 2.75) is 17.9 Å². The average molecular weight is 373 g/mol. The van der Waals surface area contributed by atoms with Crippen LogP contribution in [-0.4, -0.2) is 21.6 Å². The maximum absolute atomic E-state index is 13.8. The maximum Gasteiger partial charge on any atom is 0.244 e. The number of sulfonamides is 1. The molecule has 0 bridgehead atoms. The molecule has 0 saturated carbocycles. The van der Waals surface area contributed by atoms with E-state index in [2.05, 4.69) is 4.72 Å². The van der Waals surface area contributed by atoms with Gasteiger partial charge in [-0.15, -0.1) is 0 Å². The summed E-state index contributed by atoms with van der Waals surface area (Å²) in [6.07, 6.45) is 0.